The van der Waals surface area contributed by atoms with Crippen molar-refractivity contribution >= 4 is 0 Å². The zero-order valence-corrected chi connectivity index (χ0v) is 12.4. The van der Waals surface area contributed by atoms with Gasteiger partial charge in [-0.3, -0.25) is 0 Å². The average Bonchev–Trinajstić information content (AvgIpc) is 3.23. The van der Waals surface area contributed by atoms with Gasteiger partial charge in [0, 0.05) is 6.04 Å². The number of nitrogens with one attached hydrogen (secondary N) is 1. The Hall–Kier alpha value is -0.0400. The molecule has 2 fully saturated rings. The van der Waals surface area contributed by atoms with Crippen LogP contribution in [0.3, 0.4) is 0 Å². The van der Waals surface area contributed by atoms with Crippen molar-refractivity contribution in [2.24, 2.45) is 11.8 Å². The first-order chi connectivity index (χ1) is 8.90. The van der Waals surface area contributed by atoms with E-state index in [0.29, 0.717) is 0 Å². The molecule has 0 aromatic heterocycles. The highest BCUT2D eigenvalue weighted by atomic mass is 14.9. The minimum absolute atomic E-state index is 0.858. The van der Waals surface area contributed by atoms with Gasteiger partial charge in [0.15, 0.2) is 0 Å². The van der Waals surface area contributed by atoms with Gasteiger partial charge in [-0.25, -0.2) is 0 Å². The van der Waals surface area contributed by atoms with Gasteiger partial charge in [-0.1, -0.05) is 58.3 Å². The predicted octanol–water partition coefficient (Wildman–Crippen LogP) is 4.91. The molecule has 1 heteroatoms. The molecule has 2 saturated carbocycles. The molecule has 1 unspecified atom stereocenters. The maximum absolute atomic E-state index is 3.77. The first kappa shape index (κ1) is 14.4. The molecule has 0 bridgehead atoms. The van der Waals surface area contributed by atoms with Gasteiger partial charge < -0.3 is 5.32 Å². The predicted molar refractivity (Wildman–Crippen MR) is 79.8 cm³/mol. The van der Waals surface area contributed by atoms with Gasteiger partial charge in [0.25, 0.3) is 0 Å². The van der Waals surface area contributed by atoms with E-state index in [2.05, 4.69) is 12.2 Å². The molecule has 106 valence electrons. The standard InChI is InChI=1S/C17H33N/c1-2-14-18-17(16-12-13-16)11-7-6-10-15-8-4-3-5-9-15/h15-18H,2-14H2,1H3. The molecule has 1 atom stereocenters. The molecule has 0 aromatic rings. The van der Waals surface area contributed by atoms with Gasteiger partial charge in [0.2, 0.25) is 0 Å². The van der Waals surface area contributed by atoms with Crippen molar-refractivity contribution in [3.05, 3.63) is 0 Å². The summed E-state index contributed by atoms with van der Waals surface area (Å²) in [5.41, 5.74) is 0. The van der Waals surface area contributed by atoms with Crippen molar-refractivity contribution in [2.75, 3.05) is 6.54 Å². The molecule has 0 heterocycles. The van der Waals surface area contributed by atoms with Crippen LogP contribution in [0.2, 0.25) is 0 Å². The highest BCUT2D eigenvalue weighted by Crippen LogP contribution is 2.35. The van der Waals surface area contributed by atoms with Crippen LogP contribution >= 0.6 is 0 Å². The quantitative estimate of drug-likeness (QED) is 0.574. The Morgan fingerprint density at radius 1 is 1.00 bits per heavy atom. The SMILES string of the molecule is CCCNC(CCCCC1CCCCC1)C1CC1. The van der Waals surface area contributed by atoms with E-state index < -0.39 is 0 Å². The number of unbranched alkanes of at least 4 members (excludes halogenated alkanes) is 1. The highest BCUT2D eigenvalue weighted by Gasteiger charge is 2.30. The Labute approximate surface area is 114 Å². The topological polar surface area (TPSA) is 12.0 Å². The Kier molecular flexibility index (Phi) is 6.54. The van der Waals surface area contributed by atoms with Gasteiger partial charge in [-0.05, 0) is 44.1 Å². The molecule has 18 heavy (non-hydrogen) atoms. The molecule has 0 aromatic carbocycles. The van der Waals surface area contributed by atoms with Gasteiger partial charge in [0.1, 0.15) is 0 Å². The third-order valence-electron chi connectivity index (χ3n) is 4.95. The van der Waals surface area contributed by atoms with Crippen LogP contribution in [-0.4, -0.2) is 12.6 Å². The Balaban J connectivity index is 1.52. The Morgan fingerprint density at radius 3 is 2.44 bits per heavy atom. The number of hydrogen-bond acceptors (Lipinski definition) is 1. The van der Waals surface area contributed by atoms with E-state index in [0.717, 1.165) is 17.9 Å². The van der Waals surface area contributed by atoms with Crippen molar-refractivity contribution in [3.63, 3.8) is 0 Å². The second kappa shape index (κ2) is 8.19. The zero-order valence-electron chi connectivity index (χ0n) is 12.4. The summed E-state index contributed by atoms with van der Waals surface area (Å²) >= 11 is 0. The van der Waals surface area contributed by atoms with E-state index in [1.54, 1.807) is 0 Å². The van der Waals surface area contributed by atoms with Crippen LogP contribution in [0.5, 0.6) is 0 Å². The van der Waals surface area contributed by atoms with E-state index in [9.17, 15) is 0 Å². The fraction of sp³-hybridized carbons (Fsp3) is 1.00. The fourth-order valence-electron chi connectivity index (χ4n) is 3.61. The monoisotopic (exact) mass is 251 g/mol. The van der Waals surface area contributed by atoms with Crippen LogP contribution in [0.15, 0.2) is 0 Å². The molecule has 2 aliphatic rings. The van der Waals surface area contributed by atoms with Gasteiger partial charge in [-0.2, -0.15) is 0 Å². The third kappa shape index (κ3) is 5.30. The molecule has 0 aliphatic heterocycles. The lowest BCUT2D eigenvalue weighted by atomic mass is 9.85. The molecule has 2 aliphatic carbocycles. The van der Waals surface area contributed by atoms with Crippen molar-refractivity contribution < 1.29 is 0 Å². The summed E-state index contributed by atoms with van der Waals surface area (Å²) in [7, 11) is 0. The molecular weight excluding hydrogens is 218 g/mol. The highest BCUT2D eigenvalue weighted by molar-refractivity contribution is 4.86. The van der Waals surface area contributed by atoms with Crippen LogP contribution in [0.25, 0.3) is 0 Å². The largest absolute Gasteiger partial charge is 0.314 e. The maximum atomic E-state index is 3.77. The lowest BCUT2D eigenvalue weighted by Crippen LogP contribution is -2.31. The molecule has 0 radical (unpaired) electrons. The minimum Gasteiger partial charge on any atom is -0.314 e. The van der Waals surface area contributed by atoms with E-state index in [1.807, 2.05) is 0 Å². The molecule has 0 amide bonds. The smallest absolute Gasteiger partial charge is 0.00953 e. The molecule has 0 saturated heterocycles. The second-order valence-electron chi connectivity index (χ2n) is 6.69. The molecule has 1 nitrogen and oxygen atoms in total. The summed E-state index contributed by atoms with van der Waals surface area (Å²) in [6.07, 6.45) is 17.8. The first-order valence-corrected chi connectivity index (χ1v) is 8.63. The van der Waals surface area contributed by atoms with E-state index >= 15 is 0 Å². The second-order valence-corrected chi connectivity index (χ2v) is 6.69. The van der Waals surface area contributed by atoms with E-state index in [4.69, 9.17) is 0 Å². The summed E-state index contributed by atoms with van der Waals surface area (Å²) < 4.78 is 0. The Morgan fingerprint density at radius 2 is 1.78 bits per heavy atom. The summed E-state index contributed by atoms with van der Waals surface area (Å²) in [5, 5.41) is 3.77. The summed E-state index contributed by atoms with van der Waals surface area (Å²) in [4.78, 5) is 0. The molecule has 0 spiro atoms. The third-order valence-corrected chi connectivity index (χ3v) is 4.95. The van der Waals surface area contributed by atoms with Crippen molar-refractivity contribution in [1.29, 1.82) is 0 Å². The summed E-state index contributed by atoms with van der Waals surface area (Å²) in [6.45, 7) is 3.50. The van der Waals surface area contributed by atoms with Crippen molar-refractivity contribution in [1.82, 2.24) is 5.32 Å². The zero-order chi connectivity index (χ0) is 12.6. The maximum Gasteiger partial charge on any atom is 0.00953 e. The number of rotatable bonds is 9. The summed E-state index contributed by atoms with van der Waals surface area (Å²) in [5.74, 6) is 2.12. The van der Waals surface area contributed by atoms with Crippen molar-refractivity contribution in [3.8, 4) is 0 Å². The summed E-state index contributed by atoms with van der Waals surface area (Å²) in [6, 6.07) is 0.858. The normalized spacial score (nSPS) is 23.2. The van der Waals surface area contributed by atoms with Crippen LogP contribution in [-0.2, 0) is 0 Å². The van der Waals surface area contributed by atoms with Crippen LogP contribution in [0.1, 0.15) is 84.0 Å². The van der Waals surface area contributed by atoms with Crippen LogP contribution < -0.4 is 5.32 Å². The number of hydrogen-bond donors (Lipinski definition) is 1. The van der Waals surface area contributed by atoms with Crippen LogP contribution in [0, 0.1) is 11.8 Å². The van der Waals surface area contributed by atoms with Gasteiger partial charge >= 0.3 is 0 Å². The fourth-order valence-corrected chi connectivity index (χ4v) is 3.61. The first-order valence-electron chi connectivity index (χ1n) is 8.63. The lowest BCUT2D eigenvalue weighted by molar-refractivity contribution is 0.322. The van der Waals surface area contributed by atoms with Crippen LogP contribution in [0.4, 0.5) is 0 Å². The van der Waals surface area contributed by atoms with Gasteiger partial charge in [-0.15, -0.1) is 0 Å². The minimum atomic E-state index is 0.858. The average molecular weight is 251 g/mol. The van der Waals surface area contributed by atoms with E-state index in [1.165, 1.54) is 83.6 Å². The van der Waals surface area contributed by atoms with E-state index in [-0.39, 0.29) is 0 Å². The lowest BCUT2D eigenvalue weighted by Gasteiger charge is -2.22. The molecule has 2 rings (SSSR count). The van der Waals surface area contributed by atoms with Gasteiger partial charge in [0.05, 0.1) is 0 Å². The van der Waals surface area contributed by atoms with Crippen molar-refractivity contribution in [2.45, 2.75) is 90.0 Å². The Bertz CT molecular complexity index is 204. The molecule has 1 N–H and O–H groups in total. The molecular formula is C17H33N.